The number of ether oxygens (including phenoxy) is 2. The van der Waals surface area contributed by atoms with Crippen molar-refractivity contribution in [1.82, 2.24) is 0 Å². The summed E-state index contributed by atoms with van der Waals surface area (Å²) in [6.45, 7) is 3.51. The highest BCUT2D eigenvalue weighted by Gasteiger charge is 2.32. The molecule has 1 atom stereocenters. The first-order valence-corrected chi connectivity index (χ1v) is 8.01. The highest BCUT2D eigenvalue weighted by Crippen LogP contribution is 2.33. The van der Waals surface area contributed by atoms with Gasteiger partial charge < -0.3 is 14.8 Å². The summed E-state index contributed by atoms with van der Waals surface area (Å²) in [6, 6.07) is 12.7. The number of benzene rings is 2. The summed E-state index contributed by atoms with van der Waals surface area (Å²) in [7, 11) is 1.55. The average Bonchev–Trinajstić information content (AvgIpc) is 2.59. The number of fused-ring (bicyclic) bond motifs is 1. The van der Waals surface area contributed by atoms with E-state index in [9.17, 15) is 9.59 Å². The minimum absolute atomic E-state index is 0.0966. The number of hydrogen-bond acceptors (Lipinski definition) is 4. The number of para-hydroxylation sites is 2. The van der Waals surface area contributed by atoms with Crippen molar-refractivity contribution in [3.8, 4) is 11.5 Å². The number of nitrogens with zero attached hydrogens (tertiary/aromatic N) is 1. The lowest BCUT2D eigenvalue weighted by molar-refractivity contribution is -0.127. The Bertz CT molecular complexity index is 819. The molecule has 1 aliphatic heterocycles. The van der Waals surface area contributed by atoms with Crippen LogP contribution in [0.15, 0.2) is 42.5 Å². The van der Waals surface area contributed by atoms with E-state index in [-0.39, 0.29) is 18.4 Å². The summed E-state index contributed by atoms with van der Waals surface area (Å²) < 4.78 is 10.9. The van der Waals surface area contributed by atoms with Crippen molar-refractivity contribution >= 4 is 23.2 Å². The third-order valence-corrected chi connectivity index (χ3v) is 4.00. The third kappa shape index (κ3) is 3.42. The van der Waals surface area contributed by atoms with E-state index < -0.39 is 6.10 Å². The molecule has 0 saturated heterocycles. The normalized spacial score (nSPS) is 16.0. The molecule has 1 heterocycles. The fourth-order valence-electron chi connectivity index (χ4n) is 2.77. The van der Waals surface area contributed by atoms with Gasteiger partial charge in [-0.25, -0.2) is 0 Å². The molecular weight excluding hydrogens is 320 g/mol. The summed E-state index contributed by atoms with van der Waals surface area (Å²) in [4.78, 5) is 26.4. The second kappa shape index (κ2) is 6.84. The molecule has 0 radical (unpaired) electrons. The van der Waals surface area contributed by atoms with Crippen molar-refractivity contribution in [3.63, 3.8) is 0 Å². The van der Waals surface area contributed by atoms with E-state index in [0.29, 0.717) is 22.9 Å². The number of carbonyl (C=O) groups excluding carboxylic acids is 2. The van der Waals surface area contributed by atoms with E-state index >= 15 is 0 Å². The lowest BCUT2D eigenvalue weighted by Crippen LogP contribution is -2.47. The van der Waals surface area contributed by atoms with Crippen LogP contribution in [0, 0.1) is 6.92 Å². The Morgan fingerprint density at radius 1 is 1.28 bits per heavy atom. The van der Waals surface area contributed by atoms with E-state index in [2.05, 4.69) is 5.32 Å². The number of rotatable bonds is 4. The van der Waals surface area contributed by atoms with E-state index in [0.717, 1.165) is 5.56 Å². The maximum Gasteiger partial charge on any atom is 0.268 e. The van der Waals surface area contributed by atoms with Crippen molar-refractivity contribution in [2.24, 2.45) is 0 Å². The van der Waals surface area contributed by atoms with Crippen LogP contribution in [0.25, 0.3) is 0 Å². The summed E-state index contributed by atoms with van der Waals surface area (Å²) in [5.74, 6) is 0.614. The maximum atomic E-state index is 12.5. The largest absolute Gasteiger partial charge is 0.495 e. The van der Waals surface area contributed by atoms with Gasteiger partial charge in [0.2, 0.25) is 5.91 Å². The van der Waals surface area contributed by atoms with Crippen molar-refractivity contribution in [2.45, 2.75) is 20.0 Å². The molecule has 0 fully saturated rings. The van der Waals surface area contributed by atoms with Crippen LogP contribution >= 0.6 is 0 Å². The van der Waals surface area contributed by atoms with Crippen LogP contribution in [0.1, 0.15) is 12.5 Å². The van der Waals surface area contributed by atoms with Crippen LogP contribution < -0.4 is 19.7 Å². The van der Waals surface area contributed by atoms with Crippen LogP contribution in [0.5, 0.6) is 11.5 Å². The van der Waals surface area contributed by atoms with Gasteiger partial charge in [0.1, 0.15) is 18.0 Å². The molecule has 130 valence electrons. The maximum absolute atomic E-state index is 12.5. The highest BCUT2D eigenvalue weighted by molar-refractivity contribution is 6.06. The molecule has 2 aromatic rings. The molecule has 2 aromatic carbocycles. The van der Waals surface area contributed by atoms with Gasteiger partial charge in [-0.2, -0.15) is 0 Å². The monoisotopic (exact) mass is 340 g/mol. The van der Waals surface area contributed by atoms with Gasteiger partial charge >= 0.3 is 0 Å². The Morgan fingerprint density at radius 2 is 2.04 bits per heavy atom. The van der Waals surface area contributed by atoms with Crippen LogP contribution in [0.3, 0.4) is 0 Å². The first-order chi connectivity index (χ1) is 12.0. The minimum atomic E-state index is -0.629. The summed E-state index contributed by atoms with van der Waals surface area (Å²) in [6.07, 6.45) is -0.629. The lowest BCUT2D eigenvalue weighted by Gasteiger charge is -2.32. The standard InChI is InChI=1S/C19H20N2O4/c1-12-8-9-16(24-3)14(10-12)20-18(22)11-21-15-6-4-5-7-17(15)25-13(2)19(21)23/h4-10,13H,11H2,1-3H3,(H,20,22)/t13-/m1/s1. The lowest BCUT2D eigenvalue weighted by atomic mass is 10.2. The van der Waals surface area contributed by atoms with Gasteiger partial charge in [0, 0.05) is 0 Å². The van der Waals surface area contributed by atoms with Crippen LogP contribution in [-0.4, -0.2) is 31.6 Å². The van der Waals surface area contributed by atoms with Gasteiger partial charge in [0.25, 0.3) is 5.91 Å². The van der Waals surface area contributed by atoms with E-state index in [1.165, 1.54) is 4.90 Å². The fraction of sp³-hybridized carbons (Fsp3) is 0.263. The first kappa shape index (κ1) is 16.8. The number of aryl methyl sites for hydroxylation is 1. The molecule has 0 spiro atoms. The Kier molecular flexibility index (Phi) is 4.61. The minimum Gasteiger partial charge on any atom is -0.495 e. The summed E-state index contributed by atoms with van der Waals surface area (Å²) in [5.41, 5.74) is 2.17. The van der Waals surface area contributed by atoms with Gasteiger partial charge in [-0.1, -0.05) is 18.2 Å². The van der Waals surface area contributed by atoms with Crippen molar-refractivity contribution in [2.75, 3.05) is 23.9 Å². The van der Waals surface area contributed by atoms with Gasteiger partial charge in [-0.15, -0.1) is 0 Å². The molecule has 1 N–H and O–H groups in total. The molecule has 0 bridgehead atoms. The van der Waals surface area contributed by atoms with Gasteiger partial charge in [0.15, 0.2) is 6.10 Å². The van der Waals surface area contributed by atoms with Crippen LogP contribution in [-0.2, 0) is 9.59 Å². The molecule has 25 heavy (non-hydrogen) atoms. The zero-order chi connectivity index (χ0) is 18.0. The molecule has 0 saturated carbocycles. The first-order valence-electron chi connectivity index (χ1n) is 8.01. The smallest absolute Gasteiger partial charge is 0.268 e. The topological polar surface area (TPSA) is 67.9 Å². The number of anilines is 2. The Morgan fingerprint density at radius 3 is 2.80 bits per heavy atom. The molecule has 1 aliphatic rings. The SMILES string of the molecule is COc1ccc(C)cc1NC(=O)CN1C(=O)[C@@H](C)Oc2ccccc21. The average molecular weight is 340 g/mol. The second-order valence-corrected chi connectivity index (χ2v) is 5.90. The Labute approximate surface area is 146 Å². The van der Waals surface area contributed by atoms with E-state index in [1.54, 1.807) is 38.3 Å². The molecule has 6 heteroatoms. The number of methoxy groups -OCH3 is 1. The quantitative estimate of drug-likeness (QED) is 0.929. The number of hydrogen-bond donors (Lipinski definition) is 1. The van der Waals surface area contributed by atoms with Gasteiger partial charge in [0.05, 0.1) is 18.5 Å². The Balaban J connectivity index is 1.81. The summed E-state index contributed by atoms with van der Waals surface area (Å²) >= 11 is 0. The second-order valence-electron chi connectivity index (χ2n) is 5.90. The third-order valence-electron chi connectivity index (χ3n) is 4.00. The van der Waals surface area contributed by atoms with Crippen LogP contribution in [0.2, 0.25) is 0 Å². The molecule has 3 rings (SSSR count). The molecule has 0 aliphatic carbocycles. The van der Waals surface area contributed by atoms with Gasteiger partial charge in [-0.05, 0) is 43.7 Å². The van der Waals surface area contributed by atoms with Crippen LogP contribution in [0.4, 0.5) is 11.4 Å². The fourth-order valence-corrected chi connectivity index (χ4v) is 2.77. The molecule has 0 unspecified atom stereocenters. The molecule has 0 aromatic heterocycles. The Hall–Kier alpha value is -3.02. The number of amides is 2. The van der Waals surface area contributed by atoms with E-state index in [4.69, 9.17) is 9.47 Å². The van der Waals surface area contributed by atoms with Crippen molar-refractivity contribution in [1.29, 1.82) is 0 Å². The molecule has 2 amide bonds. The van der Waals surface area contributed by atoms with Crippen molar-refractivity contribution < 1.29 is 19.1 Å². The van der Waals surface area contributed by atoms with Gasteiger partial charge in [-0.3, -0.25) is 14.5 Å². The van der Waals surface area contributed by atoms with E-state index in [1.807, 2.05) is 25.1 Å². The predicted octanol–water partition coefficient (Wildman–Crippen LogP) is 2.76. The van der Waals surface area contributed by atoms with Crippen molar-refractivity contribution in [3.05, 3.63) is 48.0 Å². The number of nitrogens with one attached hydrogen (secondary N) is 1. The number of carbonyl (C=O) groups is 2. The highest BCUT2D eigenvalue weighted by atomic mass is 16.5. The zero-order valence-electron chi connectivity index (χ0n) is 14.4. The molecular formula is C19H20N2O4. The predicted molar refractivity (Wildman–Crippen MR) is 95.2 cm³/mol. The zero-order valence-corrected chi connectivity index (χ0v) is 14.4. The summed E-state index contributed by atoms with van der Waals surface area (Å²) in [5, 5.41) is 2.82. The molecule has 6 nitrogen and oxygen atoms in total.